The van der Waals surface area contributed by atoms with Crippen molar-refractivity contribution in [2.24, 2.45) is 0 Å². The lowest BCUT2D eigenvalue weighted by Gasteiger charge is -2.33. The number of hydrogen-bond acceptors (Lipinski definition) is 6. The third-order valence-electron chi connectivity index (χ3n) is 4.20. The number of piperazine rings is 1. The van der Waals surface area contributed by atoms with Crippen LogP contribution in [0.4, 0.5) is 15.1 Å². The van der Waals surface area contributed by atoms with Crippen molar-refractivity contribution in [1.82, 2.24) is 20.0 Å². The molecule has 0 N–H and O–H groups in total. The Bertz CT molecular complexity index is 499. The first kappa shape index (κ1) is 14.5. The summed E-state index contributed by atoms with van der Waals surface area (Å²) >= 11 is 1.53. The first-order valence-corrected chi connectivity index (χ1v) is 8.41. The van der Waals surface area contributed by atoms with Gasteiger partial charge in [0.25, 0.3) is 0 Å². The second-order valence-corrected chi connectivity index (χ2v) is 6.24. The fraction of sp³-hybridized carbons (Fsp3) is 0.769. The molecule has 3 rings (SSSR count). The van der Waals surface area contributed by atoms with Crippen LogP contribution in [0.3, 0.4) is 0 Å². The Kier molecular flexibility index (Phi) is 4.25. The van der Waals surface area contributed by atoms with Crippen molar-refractivity contribution in [3.8, 4) is 0 Å². The fourth-order valence-electron chi connectivity index (χ4n) is 2.75. The first-order valence-electron chi connectivity index (χ1n) is 7.60. The van der Waals surface area contributed by atoms with Gasteiger partial charge in [0.2, 0.25) is 10.3 Å². The maximum absolute atomic E-state index is 12.2. The van der Waals surface area contributed by atoms with Gasteiger partial charge in [-0.3, -0.25) is 4.90 Å². The van der Waals surface area contributed by atoms with Gasteiger partial charge in [-0.1, -0.05) is 18.3 Å². The zero-order chi connectivity index (χ0) is 14.8. The molecule has 0 atom stereocenters. The molecule has 2 fully saturated rings. The van der Waals surface area contributed by atoms with E-state index in [0.717, 1.165) is 56.1 Å². The molecule has 0 saturated carbocycles. The zero-order valence-corrected chi connectivity index (χ0v) is 13.5. The maximum atomic E-state index is 12.2. The number of carbonyl (C=O) groups excluding carboxylic acids is 1. The lowest BCUT2D eigenvalue weighted by atomic mass is 10.3. The smallest absolute Gasteiger partial charge is 0.326 e. The van der Waals surface area contributed by atoms with Gasteiger partial charge in [-0.05, 0) is 13.5 Å². The molecule has 0 aromatic carbocycles. The van der Waals surface area contributed by atoms with E-state index in [2.05, 4.69) is 26.9 Å². The van der Waals surface area contributed by atoms with E-state index in [1.54, 1.807) is 4.90 Å². The summed E-state index contributed by atoms with van der Waals surface area (Å²) in [6, 6.07) is 0.0519. The molecule has 0 bridgehead atoms. The van der Waals surface area contributed by atoms with Crippen molar-refractivity contribution in [2.75, 3.05) is 62.2 Å². The van der Waals surface area contributed by atoms with Gasteiger partial charge < -0.3 is 14.7 Å². The number of nitrogens with zero attached hydrogens (tertiary/aromatic N) is 6. The molecular weight excluding hydrogens is 288 g/mol. The number of amides is 2. The van der Waals surface area contributed by atoms with Crippen LogP contribution >= 0.6 is 11.3 Å². The first-order chi connectivity index (χ1) is 10.2. The van der Waals surface area contributed by atoms with E-state index in [0.29, 0.717) is 6.54 Å². The normalized spacial score (nSPS) is 20.7. The SMILES string of the molecule is CCN1CCN(c2nnc(N3CCN(CC)C3=O)s2)CC1. The Morgan fingerprint density at radius 2 is 1.67 bits per heavy atom. The molecule has 0 aliphatic carbocycles. The molecule has 0 radical (unpaired) electrons. The molecule has 8 heteroatoms. The zero-order valence-electron chi connectivity index (χ0n) is 12.7. The van der Waals surface area contributed by atoms with Crippen molar-refractivity contribution in [3.63, 3.8) is 0 Å². The molecule has 116 valence electrons. The average Bonchev–Trinajstić information content (AvgIpc) is 3.13. The molecular formula is C13H22N6OS. The number of anilines is 2. The van der Waals surface area contributed by atoms with Crippen LogP contribution in [0.1, 0.15) is 13.8 Å². The predicted molar refractivity (Wildman–Crippen MR) is 84.2 cm³/mol. The summed E-state index contributed by atoms with van der Waals surface area (Å²) in [4.78, 5) is 20.5. The van der Waals surface area contributed by atoms with E-state index in [1.165, 1.54) is 11.3 Å². The second-order valence-electron chi connectivity index (χ2n) is 5.30. The molecule has 2 saturated heterocycles. The van der Waals surface area contributed by atoms with E-state index in [4.69, 9.17) is 0 Å². The van der Waals surface area contributed by atoms with Crippen LogP contribution in [0.5, 0.6) is 0 Å². The van der Waals surface area contributed by atoms with Gasteiger partial charge >= 0.3 is 6.03 Å². The summed E-state index contributed by atoms with van der Waals surface area (Å²) in [5.74, 6) is 0. The highest BCUT2D eigenvalue weighted by molar-refractivity contribution is 7.19. The average molecular weight is 310 g/mol. The Morgan fingerprint density at radius 1 is 0.952 bits per heavy atom. The van der Waals surface area contributed by atoms with E-state index in [-0.39, 0.29) is 6.03 Å². The summed E-state index contributed by atoms with van der Waals surface area (Å²) < 4.78 is 0. The lowest BCUT2D eigenvalue weighted by Crippen LogP contribution is -2.46. The van der Waals surface area contributed by atoms with Gasteiger partial charge in [0.1, 0.15) is 0 Å². The maximum Gasteiger partial charge on any atom is 0.326 e. The summed E-state index contributed by atoms with van der Waals surface area (Å²) in [6.45, 7) is 11.6. The largest absolute Gasteiger partial charge is 0.344 e. The highest BCUT2D eigenvalue weighted by atomic mass is 32.1. The van der Waals surface area contributed by atoms with Crippen LogP contribution in [0.15, 0.2) is 0 Å². The van der Waals surface area contributed by atoms with Crippen molar-refractivity contribution in [2.45, 2.75) is 13.8 Å². The number of aromatic nitrogens is 2. The highest BCUT2D eigenvalue weighted by Crippen LogP contribution is 2.29. The number of hydrogen-bond donors (Lipinski definition) is 0. The summed E-state index contributed by atoms with van der Waals surface area (Å²) in [6.07, 6.45) is 0. The Hall–Kier alpha value is -1.41. The van der Waals surface area contributed by atoms with E-state index in [9.17, 15) is 4.79 Å². The van der Waals surface area contributed by atoms with Gasteiger partial charge in [0.05, 0.1) is 0 Å². The van der Waals surface area contributed by atoms with Crippen molar-refractivity contribution >= 4 is 27.6 Å². The molecule has 2 amide bonds. The summed E-state index contributed by atoms with van der Waals surface area (Å²) in [5, 5.41) is 10.2. The quantitative estimate of drug-likeness (QED) is 0.828. The monoisotopic (exact) mass is 310 g/mol. The Balaban J connectivity index is 1.66. The Labute approximate surface area is 129 Å². The molecule has 2 aliphatic rings. The number of likely N-dealkylation sites (N-methyl/N-ethyl adjacent to an activating group) is 2. The van der Waals surface area contributed by atoms with Crippen molar-refractivity contribution < 1.29 is 4.79 Å². The minimum Gasteiger partial charge on any atom is -0.344 e. The van der Waals surface area contributed by atoms with Gasteiger partial charge in [-0.2, -0.15) is 0 Å². The second kappa shape index (κ2) is 6.15. The predicted octanol–water partition coefficient (Wildman–Crippen LogP) is 0.942. The van der Waals surface area contributed by atoms with Crippen LogP contribution < -0.4 is 9.80 Å². The van der Waals surface area contributed by atoms with Gasteiger partial charge in [0, 0.05) is 45.8 Å². The third kappa shape index (κ3) is 2.82. The van der Waals surface area contributed by atoms with Crippen LogP contribution in [-0.4, -0.2) is 78.4 Å². The topological polar surface area (TPSA) is 55.8 Å². The van der Waals surface area contributed by atoms with Crippen LogP contribution in [0.2, 0.25) is 0 Å². The summed E-state index contributed by atoms with van der Waals surface area (Å²) in [7, 11) is 0. The van der Waals surface area contributed by atoms with E-state index < -0.39 is 0 Å². The minimum absolute atomic E-state index is 0.0519. The van der Waals surface area contributed by atoms with Crippen molar-refractivity contribution in [1.29, 1.82) is 0 Å². The van der Waals surface area contributed by atoms with E-state index in [1.807, 2.05) is 11.8 Å². The fourth-order valence-corrected chi connectivity index (χ4v) is 3.67. The molecule has 0 unspecified atom stereocenters. The molecule has 0 spiro atoms. The van der Waals surface area contributed by atoms with Crippen molar-refractivity contribution in [3.05, 3.63) is 0 Å². The highest BCUT2D eigenvalue weighted by Gasteiger charge is 2.31. The van der Waals surface area contributed by atoms with Gasteiger partial charge in [0.15, 0.2) is 0 Å². The minimum atomic E-state index is 0.0519. The molecule has 1 aromatic heterocycles. The van der Waals surface area contributed by atoms with Crippen LogP contribution in [-0.2, 0) is 0 Å². The van der Waals surface area contributed by atoms with E-state index >= 15 is 0 Å². The standard InChI is InChI=1S/C13H22N6OS/c1-3-16-5-7-18(8-6-16)11-14-15-12(21-11)19-10-9-17(4-2)13(19)20/h3-10H2,1-2H3. The summed E-state index contributed by atoms with van der Waals surface area (Å²) in [5.41, 5.74) is 0. The lowest BCUT2D eigenvalue weighted by molar-refractivity contribution is 0.223. The molecule has 1 aromatic rings. The molecule has 21 heavy (non-hydrogen) atoms. The third-order valence-corrected chi connectivity index (χ3v) is 5.21. The molecule has 2 aliphatic heterocycles. The van der Waals surface area contributed by atoms with Crippen LogP contribution in [0, 0.1) is 0 Å². The number of rotatable bonds is 4. The molecule has 7 nitrogen and oxygen atoms in total. The number of carbonyl (C=O) groups is 1. The molecule has 3 heterocycles. The Morgan fingerprint density at radius 3 is 2.29 bits per heavy atom. The van der Waals surface area contributed by atoms with Gasteiger partial charge in [-0.25, -0.2) is 4.79 Å². The number of urea groups is 1. The van der Waals surface area contributed by atoms with Crippen LogP contribution in [0.25, 0.3) is 0 Å². The van der Waals surface area contributed by atoms with Gasteiger partial charge in [-0.15, -0.1) is 10.2 Å².